The van der Waals surface area contributed by atoms with Gasteiger partial charge >= 0.3 is 0 Å². The average Bonchev–Trinajstić information content (AvgIpc) is 2.50. The lowest BCUT2D eigenvalue weighted by Crippen LogP contribution is -2.14. The molecule has 0 aromatic heterocycles. The first-order chi connectivity index (χ1) is 10.1. The lowest BCUT2D eigenvalue weighted by molar-refractivity contribution is -0.113. The molecule has 0 atom stereocenters. The first-order valence-corrected chi connectivity index (χ1v) is 7.91. The van der Waals surface area contributed by atoms with Gasteiger partial charge in [-0.05, 0) is 29.8 Å². The first-order valence-electron chi connectivity index (χ1n) is 6.16. The van der Waals surface area contributed by atoms with Crippen molar-refractivity contribution in [2.45, 2.75) is 11.5 Å². The minimum absolute atomic E-state index is 0.0126. The SMILES string of the molecule is O=C(CSc1ccc(CO)cc1)Nc1cccc(Cl)c1Cl. The number of rotatable bonds is 5. The zero-order valence-electron chi connectivity index (χ0n) is 11.0. The molecule has 0 aliphatic carbocycles. The van der Waals surface area contributed by atoms with Gasteiger partial charge in [0.05, 0.1) is 28.1 Å². The minimum atomic E-state index is -0.157. The van der Waals surface area contributed by atoms with Crippen molar-refractivity contribution in [1.82, 2.24) is 0 Å². The van der Waals surface area contributed by atoms with Crippen molar-refractivity contribution < 1.29 is 9.90 Å². The number of aliphatic hydroxyl groups is 1. The van der Waals surface area contributed by atoms with Gasteiger partial charge in [-0.25, -0.2) is 0 Å². The van der Waals surface area contributed by atoms with Gasteiger partial charge in [-0.2, -0.15) is 0 Å². The largest absolute Gasteiger partial charge is 0.392 e. The third kappa shape index (κ3) is 4.64. The van der Waals surface area contributed by atoms with E-state index in [2.05, 4.69) is 5.32 Å². The molecule has 0 spiro atoms. The van der Waals surface area contributed by atoms with Crippen LogP contribution in [-0.2, 0) is 11.4 Å². The topological polar surface area (TPSA) is 49.3 Å². The smallest absolute Gasteiger partial charge is 0.234 e. The van der Waals surface area contributed by atoms with Gasteiger partial charge in [0.25, 0.3) is 0 Å². The van der Waals surface area contributed by atoms with Gasteiger partial charge in [-0.1, -0.05) is 41.4 Å². The maximum absolute atomic E-state index is 11.9. The summed E-state index contributed by atoms with van der Waals surface area (Å²) in [6.07, 6.45) is 0. The summed E-state index contributed by atoms with van der Waals surface area (Å²) in [6.45, 7) is 0.0126. The molecular formula is C15H13Cl2NO2S. The zero-order valence-corrected chi connectivity index (χ0v) is 13.3. The van der Waals surface area contributed by atoms with E-state index in [0.717, 1.165) is 10.5 Å². The molecule has 0 saturated heterocycles. The summed E-state index contributed by atoms with van der Waals surface area (Å²) in [4.78, 5) is 12.9. The maximum atomic E-state index is 11.9. The number of aliphatic hydroxyl groups excluding tert-OH is 1. The van der Waals surface area contributed by atoms with E-state index in [0.29, 0.717) is 15.7 Å². The monoisotopic (exact) mass is 341 g/mol. The van der Waals surface area contributed by atoms with E-state index >= 15 is 0 Å². The molecule has 1 amide bonds. The zero-order chi connectivity index (χ0) is 15.2. The van der Waals surface area contributed by atoms with E-state index in [9.17, 15) is 4.79 Å². The van der Waals surface area contributed by atoms with E-state index in [-0.39, 0.29) is 18.3 Å². The van der Waals surface area contributed by atoms with Crippen LogP contribution in [0, 0.1) is 0 Å². The van der Waals surface area contributed by atoms with Crippen molar-refractivity contribution in [3.05, 3.63) is 58.1 Å². The fourth-order valence-electron chi connectivity index (χ4n) is 1.63. The maximum Gasteiger partial charge on any atom is 0.234 e. The summed E-state index contributed by atoms with van der Waals surface area (Å²) in [7, 11) is 0. The van der Waals surface area contributed by atoms with Crippen LogP contribution in [0.5, 0.6) is 0 Å². The molecule has 0 unspecified atom stereocenters. The van der Waals surface area contributed by atoms with Gasteiger partial charge in [0.2, 0.25) is 5.91 Å². The van der Waals surface area contributed by atoms with Gasteiger partial charge in [0.1, 0.15) is 0 Å². The normalized spacial score (nSPS) is 10.4. The summed E-state index contributed by atoms with van der Waals surface area (Å²) < 4.78 is 0. The number of carbonyl (C=O) groups is 1. The van der Waals surface area contributed by atoms with E-state index in [4.69, 9.17) is 28.3 Å². The summed E-state index contributed by atoms with van der Waals surface area (Å²) in [5.74, 6) is 0.108. The van der Waals surface area contributed by atoms with Crippen LogP contribution in [0.2, 0.25) is 10.0 Å². The number of carbonyl (C=O) groups excluding carboxylic acids is 1. The molecule has 2 aromatic rings. The summed E-state index contributed by atoms with van der Waals surface area (Å²) in [5.41, 5.74) is 1.35. The summed E-state index contributed by atoms with van der Waals surface area (Å²) in [5, 5.41) is 12.4. The third-order valence-electron chi connectivity index (χ3n) is 2.70. The van der Waals surface area contributed by atoms with Crippen molar-refractivity contribution in [2.75, 3.05) is 11.1 Å². The second-order valence-electron chi connectivity index (χ2n) is 4.24. The lowest BCUT2D eigenvalue weighted by Gasteiger charge is -2.08. The highest BCUT2D eigenvalue weighted by molar-refractivity contribution is 8.00. The molecule has 0 heterocycles. The number of hydrogen-bond acceptors (Lipinski definition) is 3. The molecule has 2 rings (SSSR count). The molecule has 2 N–H and O–H groups in total. The van der Waals surface area contributed by atoms with Crippen LogP contribution in [-0.4, -0.2) is 16.8 Å². The molecule has 0 fully saturated rings. The molecule has 6 heteroatoms. The molecule has 0 aliphatic heterocycles. The second kappa shape index (κ2) is 7.71. The number of nitrogens with one attached hydrogen (secondary N) is 1. The Morgan fingerprint density at radius 2 is 1.86 bits per heavy atom. The number of halogens is 2. The average molecular weight is 342 g/mol. The van der Waals surface area contributed by atoms with Crippen LogP contribution in [0.1, 0.15) is 5.56 Å². The van der Waals surface area contributed by atoms with Gasteiger partial charge in [-0.15, -0.1) is 11.8 Å². The van der Waals surface area contributed by atoms with Crippen LogP contribution in [0.3, 0.4) is 0 Å². The molecular weight excluding hydrogens is 329 g/mol. The Kier molecular flexibility index (Phi) is 5.94. The molecule has 0 aliphatic rings. The molecule has 0 radical (unpaired) electrons. The van der Waals surface area contributed by atoms with E-state index in [1.54, 1.807) is 18.2 Å². The number of anilines is 1. The summed E-state index contributed by atoms with van der Waals surface area (Å²) >= 11 is 13.3. The fourth-order valence-corrected chi connectivity index (χ4v) is 2.67. The Morgan fingerprint density at radius 3 is 2.52 bits per heavy atom. The molecule has 21 heavy (non-hydrogen) atoms. The Morgan fingerprint density at radius 1 is 1.14 bits per heavy atom. The number of amides is 1. The second-order valence-corrected chi connectivity index (χ2v) is 6.07. The van der Waals surface area contributed by atoms with Crippen LogP contribution < -0.4 is 5.32 Å². The van der Waals surface area contributed by atoms with Gasteiger partial charge in [0, 0.05) is 4.90 Å². The molecule has 3 nitrogen and oxygen atoms in total. The van der Waals surface area contributed by atoms with Crippen LogP contribution in [0.25, 0.3) is 0 Å². The highest BCUT2D eigenvalue weighted by atomic mass is 35.5. The van der Waals surface area contributed by atoms with Gasteiger partial charge < -0.3 is 10.4 Å². The Hall–Kier alpha value is -1.20. The van der Waals surface area contributed by atoms with Gasteiger partial charge in [0.15, 0.2) is 0 Å². The number of thioether (sulfide) groups is 1. The van der Waals surface area contributed by atoms with Crippen molar-refractivity contribution in [2.24, 2.45) is 0 Å². The third-order valence-corrected chi connectivity index (χ3v) is 4.53. The fraction of sp³-hybridized carbons (Fsp3) is 0.133. The predicted octanol–water partition coefficient (Wildman–Crippen LogP) is 4.22. The molecule has 0 bridgehead atoms. The van der Waals surface area contributed by atoms with Crippen molar-refractivity contribution in [3.8, 4) is 0 Å². The van der Waals surface area contributed by atoms with Crippen LogP contribution >= 0.6 is 35.0 Å². The quantitative estimate of drug-likeness (QED) is 0.800. The van der Waals surface area contributed by atoms with Gasteiger partial charge in [-0.3, -0.25) is 4.79 Å². The Balaban J connectivity index is 1.91. The highest BCUT2D eigenvalue weighted by Crippen LogP contribution is 2.29. The van der Waals surface area contributed by atoms with Crippen molar-refractivity contribution in [1.29, 1.82) is 0 Å². The molecule has 2 aromatic carbocycles. The standard InChI is InChI=1S/C15H13Cl2NO2S/c16-12-2-1-3-13(15(12)17)18-14(20)9-21-11-6-4-10(8-19)5-7-11/h1-7,19H,8-9H2,(H,18,20). The highest BCUT2D eigenvalue weighted by Gasteiger charge is 2.08. The van der Waals surface area contributed by atoms with Crippen LogP contribution in [0.15, 0.2) is 47.4 Å². The molecule has 0 saturated carbocycles. The Bertz CT molecular complexity index is 632. The van der Waals surface area contributed by atoms with Crippen molar-refractivity contribution in [3.63, 3.8) is 0 Å². The first kappa shape index (κ1) is 16.2. The van der Waals surface area contributed by atoms with Crippen molar-refractivity contribution >= 4 is 46.6 Å². The number of hydrogen-bond donors (Lipinski definition) is 2. The Labute approximate surface area is 137 Å². The summed E-state index contributed by atoms with van der Waals surface area (Å²) in [6, 6.07) is 12.5. The van der Waals surface area contributed by atoms with Crippen LogP contribution in [0.4, 0.5) is 5.69 Å². The predicted molar refractivity (Wildman–Crippen MR) is 88.2 cm³/mol. The van der Waals surface area contributed by atoms with E-state index < -0.39 is 0 Å². The van der Waals surface area contributed by atoms with E-state index in [1.165, 1.54) is 11.8 Å². The number of benzene rings is 2. The van der Waals surface area contributed by atoms with E-state index in [1.807, 2.05) is 24.3 Å². The minimum Gasteiger partial charge on any atom is -0.392 e. The lowest BCUT2D eigenvalue weighted by atomic mass is 10.2. The molecule has 110 valence electrons.